The standard InChI is InChI=1S/C27H31NO8/c1-5-9-12-28-25(29)20-13-17-10-11-19(16-21(17)36-27(20)31)35-26(30)18-14-22(32-6-2)24(34-8-4)23(15-18)33-7-3/h10-11,13-16H,5-9,12H2,1-4H3,(H,28,29). The molecule has 192 valence electrons. The molecule has 3 rings (SSSR count). The SMILES string of the molecule is CCCCNC(=O)c1cc2ccc(OC(=O)c3cc(OCC)c(OCC)c(OCC)c3)cc2oc1=O. The van der Waals surface area contributed by atoms with Crippen LogP contribution in [0.5, 0.6) is 23.0 Å². The van der Waals surface area contributed by atoms with E-state index < -0.39 is 17.5 Å². The van der Waals surface area contributed by atoms with Crippen LogP contribution in [0.2, 0.25) is 0 Å². The molecule has 2 aromatic carbocycles. The lowest BCUT2D eigenvalue weighted by molar-refractivity contribution is 0.0733. The van der Waals surface area contributed by atoms with Crippen LogP contribution in [0.3, 0.4) is 0 Å². The largest absolute Gasteiger partial charge is 0.490 e. The van der Waals surface area contributed by atoms with Crippen molar-refractivity contribution in [3.8, 4) is 23.0 Å². The van der Waals surface area contributed by atoms with Gasteiger partial charge in [0.05, 0.1) is 25.4 Å². The molecule has 0 fully saturated rings. The zero-order chi connectivity index (χ0) is 26.1. The first-order valence-electron chi connectivity index (χ1n) is 12.1. The summed E-state index contributed by atoms with van der Waals surface area (Å²) in [6.07, 6.45) is 1.73. The van der Waals surface area contributed by atoms with Crippen LogP contribution < -0.4 is 29.9 Å². The first-order chi connectivity index (χ1) is 17.4. The molecule has 0 unspecified atom stereocenters. The fourth-order valence-corrected chi connectivity index (χ4v) is 3.46. The molecular weight excluding hydrogens is 466 g/mol. The summed E-state index contributed by atoms with van der Waals surface area (Å²) in [5, 5.41) is 3.22. The summed E-state index contributed by atoms with van der Waals surface area (Å²) in [6, 6.07) is 9.12. The van der Waals surface area contributed by atoms with Gasteiger partial charge in [-0.2, -0.15) is 0 Å². The van der Waals surface area contributed by atoms with Crippen LogP contribution in [0, 0.1) is 0 Å². The Morgan fingerprint density at radius 2 is 1.56 bits per heavy atom. The molecular formula is C27H31NO8. The van der Waals surface area contributed by atoms with E-state index in [9.17, 15) is 14.4 Å². The summed E-state index contributed by atoms with van der Waals surface area (Å²) in [5.41, 5.74) is -0.461. The second-order valence-electron chi connectivity index (χ2n) is 7.75. The smallest absolute Gasteiger partial charge is 0.349 e. The second kappa shape index (κ2) is 12.6. The van der Waals surface area contributed by atoms with Gasteiger partial charge in [-0.05, 0) is 57.5 Å². The molecule has 36 heavy (non-hydrogen) atoms. The van der Waals surface area contributed by atoms with Gasteiger partial charge in [0.1, 0.15) is 16.9 Å². The molecule has 0 saturated heterocycles. The lowest BCUT2D eigenvalue weighted by atomic mass is 10.1. The van der Waals surface area contributed by atoms with Crippen LogP contribution in [-0.2, 0) is 0 Å². The lowest BCUT2D eigenvalue weighted by Gasteiger charge is -2.16. The summed E-state index contributed by atoms with van der Waals surface area (Å²) in [4.78, 5) is 37.6. The Labute approximate surface area is 209 Å². The number of ether oxygens (including phenoxy) is 4. The Kier molecular flexibility index (Phi) is 9.32. The molecule has 0 aliphatic rings. The fraction of sp³-hybridized carbons (Fsp3) is 0.370. The minimum absolute atomic E-state index is 0.0790. The third-order valence-electron chi connectivity index (χ3n) is 5.12. The molecule has 9 nitrogen and oxygen atoms in total. The van der Waals surface area contributed by atoms with Crippen molar-refractivity contribution in [2.45, 2.75) is 40.5 Å². The topological polar surface area (TPSA) is 113 Å². The zero-order valence-electron chi connectivity index (χ0n) is 21.0. The van der Waals surface area contributed by atoms with Crippen LogP contribution in [0.25, 0.3) is 11.0 Å². The van der Waals surface area contributed by atoms with E-state index in [0.717, 1.165) is 12.8 Å². The van der Waals surface area contributed by atoms with Crippen molar-refractivity contribution in [3.05, 3.63) is 57.9 Å². The van der Waals surface area contributed by atoms with Crippen LogP contribution >= 0.6 is 0 Å². The van der Waals surface area contributed by atoms with E-state index in [1.165, 1.54) is 24.3 Å². The molecule has 3 aromatic rings. The third kappa shape index (κ3) is 6.35. The van der Waals surface area contributed by atoms with E-state index in [1.54, 1.807) is 12.1 Å². The minimum Gasteiger partial charge on any atom is -0.490 e. The maximum Gasteiger partial charge on any atom is 0.349 e. The normalized spacial score (nSPS) is 10.7. The lowest BCUT2D eigenvalue weighted by Crippen LogP contribution is -2.28. The number of hydrogen-bond acceptors (Lipinski definition) is 8. The van der Waals surface area contributed by atoms with Crippen LogP contribution in [0.1, 0.15) is 61.3 Å². The van der Waals surface area contributed by atoms with Crippen molar-refractivity contribution in [1.29, 1.82) is 0 Å². The van der Waals surface area contributed by atoms with Crippen molar-refractivity contribution in [2.24, 2.45) is 0 Å². The number of esters is 1. The predicted molar refractivity (Wildman–Crippen MR) is 135 cm³/mol. The summed E-state index contributed by atoms with van der Waals surface area (Å²) >= 11 is 0. The van der Waals surface area contributed by atoms with Gasteiger partial charge in [0.2, 0.25) is 5.75 Å². The highest BCUT2D eigenvalue weighted by atomic mass is 16.5. The number of unbranched alkanes of at least 4 members (excludes halogenated alkanes) is 1. The van der Waals surface area contributed by atoms with Crippen molar-refractivity contribution in [2.75, 3.05) is 26.4 Å². The number of fused-ring (bicyclic) bond motifs is 1. The van der Waals surface area contributed by atoms with E-state index in [0.29, 0.717) is 49.0 Å². The fourth-order valence-electron chi connectivity index (χ4n) is 3.46. The van der Waals surface area contributed by atoms with E-state index in [2.05, 4.69) is 5.32 Å². The Morgan fingerprint density at radius 3 is 2.17 bits per heavy atom. The molecule has 1 N–H and O–H groups in total. The monoisotopic (exact) mass is 497 g/mol. The molecule has 9 heteroatoms. The van der Waals surface area contributed by atoms with E-state index in [-0.39, 0.29) is 22.5 Å². The quantitative estimate of drug-likeness (QED) is 0.165. The van der Waals surface area contributed by atoms with Gasteiger partial charge in [-0.25, -0.2) is 9.59 Å². The number of carbonyl (C=O) groups is 2. The van der Waals surface area contributed by atoms with Gasteiger partial charge >= 0.3 is 11.6 Å². The maximum absolute atomic E-state index is 12.9. The average Bonchev–Trinajstić information content (AvgIpc) is 2.85. The predicted octanol–water partition coefficient (Wildman–Crippen LogP) is 4.74. The molecule has 0 aliphatic carbocycles. The molecule has 0 aliphatic heterocycles. The van der Waals surface area contributed by atoms with E-state index in [1.807, 2.05) is 27.7 Å². The second-order valence-corrected chi connectivity index (χ2v) is 7.75. The van der Waals surface area contributed by atoms with Crippen molar-refractivity contribution < 1.29 is 33.0 Å². The summed E-state index contributed by atoms with van der Waals surface area (Å²) in [7, 11) is 0. The molecule has 1 heterocycles. The van der Waals surface area contributed by atoms with Gasteiger partial charge in [-0.3, -0.25) is 4.79 Å². The van der Waals surface area contributed by atoms with Crippen molar-refractivity contribution in [1.82, 2.24) is 5.32 Å². The van der Waals surface area contributed by atoms with Crippen LogP contribution in [0.15, 0.2) is 45.6 Å². The van der Waals surface area contributed by atoms with Gasteiger partial charge in [0, 0.05) is 18.0 Å². The third-order valence-corrected chi connectivity index (χ3v) is 5.12. The van der Waals surface area contributed by atoms with Crippen LogP contribution in [-0.4, -0.2) is 38.2 Å². The molecule has 0 atom stereocenters. The van der Waals surface area contributed by atoms with Gasteiger partial charge in [0.25, 0.3) is 5.91 Å². The number of benzene rings is 2. The molecule has 0 radical (unpaired) electrons. The summed E-state index contributed by atoms with van der Waals surface area (Å²) in [6.45, 7) is 9.10. The summed E-state index contributed by atoms with van der Waals surface area (Å²) < 4.78 is 27.8. The molecule has 1 amide bonds. The zero-order valence-corrected chi connectivity index (χ0v) is 21.0. The Bertz CT molecular complexity index is 1250. The highest BCUT2D eigenvalue weighted by Crippen LogP contribution is 2.39. The van der Waals surface area contributed by atoms with E-state index >= 15 is 0 Å². The number of amides is 1. The highest BCUT2D eigenvalue weighted by molar-refractivity contribution is 5.97. The van der Waals surface area contributed by atoms with Crippen molar-refractivity contribution >= 4 is 22.8 Å². The number of nitrogens with one attached hydrogen (secondary N) is 1. The molecule has 1 aromatic heterocycles. The first-order valence-corrected chi connectivity index (χ1v) is 12.1. The minimum atomic E-state index is -0.769. The van der Waals surface area contributed by atoms with E-state index in [4.69, 9.17) is 23.4 Å². The number of carbonyl (C=O) groups excluding carboxylic acids is 2. The van der Waals surface area contributed by atoms with Crippen LogP contribution in [0.4, 0.5) is 0 Å². The van der Waals surface area contributed by atoms with Gasteiger partial charge < -0.3 is 28.7 Å². The first kappa shape index (κ1) is 26.6. The Hall–Kier alpha value is -4.01. The van der Waals surface area contributed by atoms with Gasteiger partial charge in [0.15, 0.2) is 11.5 Å². The van der Waals surface area contributed by atoms with Crippen molar-refractivity contribution in [3.63, 3.8) is 0 Å². The summed E-state index contributed by atoms with van der Waals surface area (Å²) in [5.74, 6) is 0.173. The Morgan fingerprint density at radius 1 is 0.889 bits per heavy atom. The molecule has 0 spiro atoms. The molecule has 0 saturated carbocycles. The van der Waals surface area contributed by atoms with Gasteiger partial charge in [-0.15, -0.1) is 0 Å². The maximum atomic E-state index is 12.9. The Balaban J connectivity index is 1.87. The highest BCUT2D eigenvalue weighted by Gasteiger charge is 2.20. The number of rotatable bonds is 12. The molecule has 0 bridgehead atoms. The number of hydrogen-bond donors (Lipinski definition) is 1. The average molecular weight is 498 g/mol. The van der Waals surface area contributed by atoms with Gasteiger partial charge in [-0.1, -0.05) is 13.3 Å².